The Morgan fingerprint density at radius 3 is 1.89 bits per heavy atom. The number of carbonyl (C=O) groups excluding carboxylic acids is 2. The monoisotopic (exact) mass is 498 g/mol. The van der Waals surface area contributed by atoms with Gasteiger partial charge in [-0.05, 0) is 42.4 Å². The van der Waals surface area contributed by atoms with E-state index in [1.165, 1.54) is 0 Å². The van der Waals surface area contributed by atoms with Crippen LogP contribution in [0.1, 0.15) is 61.8 Å². The van der Waals surface area contributed by atoms with Gasteiger partial charge in [0.05, 0.1) is 29.3 Å². The third kappa shape index (κ3) is 6.60. The largest absolute Gasteiger partial charge is 0.458 e. The summed E-state index contributed by atoms with van der Waals surface area (Å²) in [5.74, 6) is -0.898. The first-order chi connectivity index (χ1) is 16.3. The van der Waals surface area contributed by atoms with Crippen molar-refractivity contribution >= 4 is 20.3 Å². The highest BCUT2D eigenvalue weighted by Gasteiger charge is 2.50. The summed E-state index contributed by atoms with van der Waals surface area (Å²) in [5, 5.41) is 0.0410. The van der Waals surface area contributed by atoms with Crippen molar-refractivity contribution in [1.82, 2.24) is 0 Å². The third-order valence-electron chi connectivity index (χ3n) is 7.15. The molecule has 2 aromatic rings. The van der Waals surface area contributed by atoms with Crippen LogP contribution in [0.2, 0.25) is 18.1 Å². The summed E-state index contributed by atoms with van der Waals surface area (Å²) < 4.78 is 24.5. The Morgan fingerprint density at radius 1 is 0.914 bits per heavy atom. The summed E-state index contributed by atoms with van der Waals surface area (Å²) in [6, 6.07) is 17.7. The Kier molecular flexibility index (Phi) is 8.24. The van der Waals surface area contributed by atoms with Gasteiger partial charge < -0.3 is 18.6 Å². The van der Waals surface area contributed by atoms with E-state index in [9.17, 15) is 9.59 Å². The minimum Gasteiger partial charge on any atom is -0.458 e. The molecule has 0 aromatic heterocycles. The van der Waals surface area contributed by atoms with Crippen molar-refractivity contribution in [2.24, 2.45) is 5.41 Å². The van der Waals surface area contributed by atoms with Gasteiger partial charge in [0.25, 0.3) is 0 Å². The summed E-state index contributed by atoms with van der Waals surface area (Å²) in [6.07, 6.45) is -1.39. The van der Waals surface area contributed by atoms with E-state index < -0.39 is 38.1 Å². The number of carbonyl (C=O) groups is 2. The fraction of sp³-hybridized carbons (Fsp3) is 0.500. The molecule has 0 amide bonds. The van der Waals surface area contributed by atoms with Gasteiger partial charge in [-0.1, -0.05) is 71.0 Å². The second-order valence-corrected chi connectivity index (χ2v) is 16.1. The number of rotatable bonds is 7. The van der Waals surface area contributed by atoms with Crippen LogP contribution in [0.4, 0.5) is 0 Å². The van der Waals surface area contributed by atoms with Gasteiger partial charge in [0, 0.05) is 6.42 Å². The second-order valence-electron chi connectivity index (χ2n) is 11.2. The van der Waals surface area contributed by atoms with Crippen LogP contribution >= 0.6 is 0 Å². The highest BCUT2D eigenvalue weighted by Crippen LogP contribution is 2.41. The number of hydrogen-bond acceptors (Lipinski definition) is 6. The Labute approximate surface area is 210 Å². The van der Waals surface area contributed by atoms with Gasteiger partial charge in [-0.15, -0.1) is 0 Å². The number of esters is 2. The van der Waals surface area contributed by atoms with Gasteiger partial charge in [-0.2, -0.15) is 0 Å². The zero-order valence-corrected chi connectivity index (χ0v) is 22.9. The Hall–Kier alpha value is -2.48. The van der Waals surface area contributed by atoms with Gasteiger partial charge in [0.2, 0.25) is 6.29 Å². The summed E-state index contributed by atoms with van der Waals surface area (Å²) in [5.41, 5.74) is 0.133. The van der Waals surface area contributed by atoms with Gasteiger partial charge in [-0.25, -0.2) is 9.59 Å². The fourth-order valence-corrected chi connectivity index (χ4v) is 4.65. The molecule has 1 saturated heterocycles. The van der Waals surface area contributed by atoms with Gasteiger partial charge in [-0.3, -0.25) is 0 Å². The lowest BCUT2D eigenvalue weighted by Gasteiger charge is -2.46. The molecule has 0 radical (unpaired) electrons. The normalized spacial score (nSPS) is 22.3. The molecule has 1 heterocycles. The Morgan fingerprint density at radius 2 is 1.40 bits per heavy atom. The zero-order chi connectivity index (χ0) is 25.9. The molecule has 7 heteroatoms. The first-order valence-corrected chi connectivity index (χ1v) is 15.0. The second kappa shape index (κ2) is 10.6. The molecule has 3 rings (SSSR count). The quantitative estimate of drug-likeness (QED) is 0.333. The van der Waals surface area contributed by atoms with E-state index in [1.54, 1.807) is 48.5 Å². The average molecular weight is 499 g/mol. The molecule has 1 aliphatic rings. The predicted octanol–water partition coefficient (Wildman–Crippen LogP) is 6.23. The zero-order valence-electron chi connectivity index (χ0n) is 21.9. The van der Waals surface area contributed by atoms with Crippen molar-refractivity contribution < 1.29 is 28.2 Å². The molecular formula is C28H38O6Si. The van der Waals surface area contributed by atoms with Crippen LogP contribution in [0.15, 0.2) is 60.7 Å². The van der Waals surface area contributed by atoms with E-state index in [1.807, 2.05) is 26.0 Å². The molecule has 1 fully saturated rings. The van der Waals surface area contributed by atoms with Crippen LogP contribution in [0.3, 0.4) is 0 Å². The molecule has 35 heavy (non-hydrogen) atoms. The minimum atomic E-state index is -2.03. The van der Waals surface area contributed by atoms with E-state index >= 15 is 0 Å². The van der Waals surface area contributed by atoms with E-state index in [4.69, 9.17) is 18.6 Å². The number of ether oxygens (including phenoxy) is 3. The maximum absolute atomic E-state index is 12.9. The fourth-order valence-electron chi connectivity index (χ4n) is 3.62. The predicted molar refractivity (Wildman–Crippen MR) is 138 cm³/mol. The Balaban J connectivity index is 1.82. The van der Waals surface area contributed by atoms with Crippen LogP contribution in [0.5, 0.6) is 0 Å². The first-order valence-electron chi connectivity index (χ1n) is 12.1. The maximum Gasteiger partial charge on any atom is 0.340 e. The van der Waals surface area contributed by atoms with Gasteiger partial charge in [0.15, 0.2) is 8.32 Å². The Bertz CT molecular complexity index is 932. The molecule has 190 valence electrons. The van der Waals surface area contributed by atoms with Crippen LogP contribution in [-0.4, -0.2) is 45.4 Å². The summed E-state index contributed by atoms with van der Waals surface area (Å²) in [7, 11) is -2.03. The summed E-state index contributed by atoms with van der Waals surface area (Å²) in [4.78, 5) is 25.8. The third-order valence-corrected chi connectivity index (χ3v) is 11.6. The summed E-state index contributed by atoms with van der Waals surface area (Å²) >= 11 is 0. The van der Waals surface area contributed by atoms with Crippen molar-refractivity contribution in [3.05, 3.63) is 71.8 Å². The van der Waals surface area contributed by atoms with Crippen molar-refractivity contribution in [2.45, 2.75) is 77.7 Å². The molecule has 1 unspecified atom stereocenters. The molecule has 0 aliphatic carbocycles. The summed E-state index contributed by atoms with van der Waals surface area (Å²) in [6.45, 7) is 15.0. The average Bonchev–Trinajstić information content (AvgIpc) is 2.81. The lowest BCUT2D eigenvalue weighted by molar-refractivity contribution is -0.259. The van der Waals surface area contributed by atoms with Crippen LogP contribution < -0.4 is 0 Å². The van der Waals surface area contributed by atoms with Crippen molar-refractivity contribution in [1.29, 1.82) is 0 Å². The first kappa shape index (κ1) is 27.1. The van der Waals surface area contributed by atoms with E-state index in [-0.39, 0.29) is 11.1 Å². The number of benzene rings is 2. The van der Waals surface area contributed by atoms with E-state index in [0.29, 0.717) is 24.2 Å². The van der Waals surface area contributed by atoms with Gasteiger partial charge >= 0.3 is 11.9 Å². The molecule has 2 aromatic carbocycles. The lowest BCUT2D eigenvalue weighted by Crippen LogP contribution is -2.55. The molecular weight excluding hydrogens is 460 g/mol. The lowest BCUT2D eigenvalue weighted by atomic mass is 9.80. The molecule has 0 bridgehead atoms. The number of hydrogen-bond donors (Lipinski definition) is 0. The van der Waals surface area contributed by atoms with Crippen LogP contribution in [-0.2, 0) is 18.6 Å². The smallest absolute Gasteiger partial charge is 0.340 e. The SMILES string of the molecule is CC1(C)C(OC(=O)c2ccccc2)O[C@H](CO[Si](C)(C)C(C)(C)C)C[C@H]1OC(=O)c1ccccc1. The van der Waals surface area contributed by atoms with E-state index in [0.717, 1.165) is 0 Å². The van der Waals surface area contributed by atoms with Crippen LogP contribution in [0, 0.1) is 5.41 Å². The highest BCUT2D eigenvalue weighted by molar-refractivity contribution is 6.74. The van der Waals surface area contributed by atoms with Gasteiger partial charge in [0.1, 0.15) is 6.10 Å². The van der Waals surface area contributed by atoms with Crippen LogP contribution in [0.25, 0.3) is 0 Å². The maximum atomic E-state index is 12.9. The molecule has 3 atom stereocenters. The standard InChI is InChI=1S/C28H38O6Si/c1-27(2,3)35(6,7)31-19-22-18-23(33-24(29)20-14-10-8-11-15-20)28(4,5)26(32-22)34-25(30)21-16-12-9-13-17-21/h8-17,22-23,26H,18-19H2,1-7H3/t22-,23+,26?/m0/s1. The van der Waals surface area contributed by atoms with Crippen molar-refractivity contribution in [3.63, 3.8) is 0 Å². The topological polar surface area (TPSA) is 71.1 Å². The molecule has 0 spiro atoms. The van der Waals surface area contributed by atoms with E-state index in [2.05, 4.69) is 33.9 Å². The molecule has 6 nitrogen and oxygen atoms in total. The highest BCUT2D eigenvalue weighted by atomic mass is 28.4. The molecule has 0 saturated carbocycles. The van der Waals surface area contributed by atoms with Crippen molar-refractivity contribution in [3.8, 4) is 0 Å². The molecule has 1 aliphatic heterocycles. The minimum absolute atomic E-state index is 0.0410. The van der Waals surface area contributed by atoms with Crippen molar-refractivity contribution in [2.75, 3.05) is 6.61 Å². The molecule has 0 N–H and O–H groups in total.